The first-order valence-electron chi connectivity index (χ1n) is 5.44. The van der Waals surface area contributed by atoms with E-state index in [1.54, 1.807) is 25.3 Å². The van der Waals surface area contributed by atoms with Crippen LogP contribution in [0.1, 0.15) is 16.8 Å². The van der Waals surface area contributed by atoms with Gasteiger partial charge in [0.15, 0.2) is 0 Å². The van der Waals surface area contributed by atoms with Crippen molar-refractivity contribution in [2.24, 2.45) is 0 Å². The fourth-order valence-corrected chi connectivity index (χ4v) is 2.24. The number of aliphatic hydroxyl groups excluding tert-OH is 1. The minimum Gasteiger partial charge on any atom is -0.396 e. The van der Waals surface area contributed by atoms with Crippen molar-refractivity contribution in [2.45, 2.75) is 12.5 Å². The number of ether oxygens (including phenoxy) is 1. The molecule has 1 unspecified atom stereocenters. The number of carbonyl (C=O) groups excluding carboxylic acids is 1. The number of benzene rings is 1. The Morgan fingerprint density at radius 2 is 2.33 bits per heavy atom. The lowest BCUT2D eigenvalue weighted by molar-refractivity contribution is 0.0878. The van der Waals surface area contributed by atoms with Crippen LogP contribution in [0.3, 0.4) is 0 Å². The van der Waals surface area contributed by atoms with E-state index in [1.165, 1.54) is 0 Å². The van der Waals surface area contributed by atoms with Crippen molar-refractivity contribution in [3.63, 3.8) is 0 Å². The van der Waals surface area contributed by atoms with Gasteiger partial charge in [-0.2, -0.15) is 0 Å². The van der Waals surface area contributed by atoms with Gasteiger partial charge in [-0.25, -0.2) is 0 Å². The van der Waals surface area contributed by atoms with Gasteiger partial charge in [0.05, 0.1) is 18.2 Å². The van der Waals surface area contributed by atoms with Crippen molar-refractivity contribution >= 4 is 40.1 Å². The Hall–Kier alpha value is -0.370. The van der Waals surface area contributed by atoms with Gasteiger partial charge in [-0.3, -0.25) is 4.79 Å². The van der Waals surface area contributed by atoms with Crippen LogP contribution in [0, 0.1) is 3.57 Å². The van der Waals surface area contributed by atoms with Crippen LogP contribution in [0.4, 0.5) is 0 Å². The number of carbonyl (C=O) groups is 1. The highest BCUT2D eigenvalue weighted by Gasteiger charge is 2.15. The summed E-state index contributed by atoms with van der Waals surface area (Å²) in [5.74, 6) is -0.211. The van der Waals surface area contributed by atoms with E-state index in [1.807, 2.05) is 0 Å². The van der Waals surface area contributed by atoms with E-state index in [0.29, 0.717) is 23.6 Å². The first-order chi connectivity index (χ1) is 8.58. The predicted molar refractivity (Wildman–Crippen MR) is 79.0 cm³/mol. The van der Waals surface area contributed by atoms with E-state index in [0.717, 1.165) is 3.57 Å². The van der Waals surface area contributed by atoms with Crippen LogP contribution in [-0.4, -0.2) is 37.4 Å². The molecule has 18 heavy (non-hydrogen) atoms. The maximum absolute atomic E-state index is 12.1. The van der Waals surface area contributed by atoms with E-state index < -0.39 is 0 Å². The van der Waals surface area contributed by atoms with Crippen LogP contribution in [0.25, 0.3) is 0 Å². The third-order valence-electron chi connectivity index (χ3n) is 2.35. The van der Waals surface area contributed by atoms with Crippen molar-refractivity contribution in [1.82, 2.24) is 5.32 Å². The summed E-state index contributed by atoms with van der Waals surface area (Å²) in [5, 5.41) is 12.3. The van der Waals surface area contributed by atoms with Crippen molar-refractivity contribution in [3.05, 3.63) is 32.4 Å². The molecular weight excluding hydrogens is 368 g/mol. The molecule has 1 atom stereocenters. The molecule has 0 fully saturated rings. The summed E-state index contributed by atoms with van der Waals surface area (Å²) in [6.07, 6.45) is 0.455. The zero-order valence-corrected chi connectivity index (χ0v) is 12.9. The SMILES string of the molecule is COCC(CCO)NC(=O)c1cc(Cl)ccc1I. The van der Waals surface area contributed by atoms with E-state index in [4.69, 9.17) is 21.4 Å². The Labute approximate surface area is 125 Å². The minimum atomic E-state index is -0.211. The fraction of sp³-hybridized carbons (Fsp3) is 0.417. The largest absolute Gasteiger partial charge is 0.396 e. The Bertz CT molecular complexity index is 408. The first-order valence-corrected chi connectivity index (χ1v) is 6.90. The van der Waals surface area contributed by atoms with Gasteiger partial charge in [0, 0.05) is 22.3 Å². The van der Waals surface area contributed by atoms with Crippen LogP contribution >= 0.6 is 34.2 Å². The molecule has 2 N–H and O–H groups in total. The molecule has 0 saturated heterocycles. The van der Waals surface area contributed by atoms with E-state index in [2.05, 4.69) is 27.9 Å². The molecule has 1 aromatic carbocycles. The van der Waals surface area contributed by atoms with Gasteiger partial charge in [-0.1, -0.05) is 11.6 Å². The number of aliphatic hydroxyl groups is 1. The zero-order valence-electron chi connectivity index (χ0n) is 9.95. The van der Waals surface area contributed by atoms with Gasteiger partial charge < -0.3 is 15.2 Å². The predicted octanol–water partition coefficient (Wildman–Crippen LogP) is 2.07. The Balaban J connectivity index is 2.76. The maximum Gasteiger partial charge on any atom is 0.252 e. The van der Waals surface area contributed by atoms with Gasteiger partial charge in [-0.05, 0) is 47.2 Å². The third-order valence-corrected chi connectivity index (χ3v) is 3.53. The lowest BCUT2D eigenvalue weighted by Gasteiger charge is -2.17. The Morgan fingerprint density at radius 1 is 1.61 bits per heavy atom. The molecule has 0 aliphatic rings. The van der Waals surface area contributed by atoms with Crippen molar-refractivity contribution < 1.29 is 14.6 Å². The quantitative estimate of drug-likeness (QED) is 0.740. The molecule has 0 bridgehead atoms. The molecule has 1 amide bonds. The number of nitrogens with one attached hydrogen (secondary N) is 1. The van der Waals surface area contributed by atoms with Gasteiger partial charge in [0.1, 0.15) is 0 Å². The van der Waals surface area contributed by atoms with Crippen LogP contribution in [0.2, 0.25) is 5.02 Å². The normalized spacial score (nSPS) is 12.2. The Morgan fingerprint density at radius 3 is 2.94 bits per heavy atom. The molecule has 1 rings (SSSR count). The molecule has 1 aromatic rings. The topological polar surface area (TPSA) is 58.6 Å². The van der Waals surface area contributed by atoms with Gasteiger partial charge in [-0.15, -0.1) is 0 Å². The highest BCUT2D eigenvalue weighted by atomic mass is 127. The molecule has 4 nitrogen and oxygen atoms in total. The number of rotatable bonds is 6. The summed E-state index contributed by atoms with van der Waals surface area (Å²) in [7, 11) is 1.56. The summed E-state index contributed by atoms with van der Waals surface area (Å²) >= 11 is 7.95. The lowest BCUT2D eigenvalue weighted by Crippen LogP contribution is -2.39. The fourth-order valence-electron chi connectivity index (χ4n) is 1.49. The average Bonchev–Trinajstić information content (AvgIpc) is 2.33. The third kappa shape index (κ3) is 4.72. The lowest BCUT2D eigenvalue weighted by atomic mass is 10.1. The molecule has 0 aliphatic heterocycles. The molecule has 0 saturated carbocycles. The summed E-state index contributed by atoms with van der Waals surface area (Å²) in [5.41, 5.74) is 0.530. The second kappa shape index (κ2) is 7.93. The summed E-state index contributed by atoms with van der Waals surface area (Å²) < 4.78 is 5.82. The summed E-state index contributed by atoms with van der Waals surface area (Å²) in [6.45, 7) is 0.365. The Kier molecular flexibility index (Phi) is 6.91. The molecule has 6 heteroatoms. The van der Waals surface area contributed by atoms with Crippen LogP contribution in [-0.2, 0) is 4.74 Å². The average molecular weight is 384 g/mol. The van der Waals surface area contributed by atoms with Crippen LogP contribution < -0.4 is 5.32 Å². The number of hydrogen-bond donors (Lipinski definition) is 2. The number of methoxy groups -OCH3 is 1. The molecule has 0 aromatic heterocycles. The van der Waals surface area contributed by atoms with E-state index >= 15 is 0 Å². The van der Waals surface area contributed by atoms with E-state index in [9.17, 15) is 4.79 Å². The molecule has 0 radical (unpaired) electrons. The molecule has 0 heterocycles. The monoisotopic (exact) mass is 383 g/mol. The summed E-state index contributed by atoms with van der Waals surface area (Å²) in [4.78, 5) is 12.1. The highest BCUT2D eigenvalue weighted by molar-refractivity contribution is 14.1. The molecule has 0 spiro atoms. The second-order valence-corrected chi connectivity index (χ2v) is 5.36. The molecular formula is C12H15ClINO3. The van der Waals surface area contributed by atoms with Gasteiger partial charge >= 0.3 is 0 Å². The van der Waals surface area contributed by atoms with Crippen molar-refractivity contribution in [3.8, 4) is 0 Å². The number of hydrogen-bond acceptors (Lipinski definition) is 3. The number of halogens is 2. The zero-order chi connectivity index (χ0) is 13.5. The smallest absolute Gasteiger partial charge is 0.252 e. The standard InChI is InChI=1S/C12H15ClINO3/c1-18-7-9(4-5-16)15-12(17)10-6-8(13)2-3-11(10)14/h2-3,6,9,16H,4-5,7H2,1H3,(H,15,17). The number of amides is 1. The maximum atomic E-state index is 12.1. The van der Waals surface area contributed by atoms with Crippen molar-refractivity contribution in [2.75, 3.05) is 20.3 Å². The van der Waals surface area contributed by atoms with Gasteiger partial charge in [0.2, 0.25) is 0 Å². The molecule has 0 aliphatic carbocycles. The summed E-state index contributed by atoms with van der Waals surface area (Å²) in [6, 6.07) is 4.94. The highest BCUT2D eigenvalue weighted by Crippen LogP contribution is 2.18. The van der Waals surface area contributed by atoms with Crippen molar-refractivity contribution in [1.29, 1.82) is 0 Å². The van der Waals surface area contributed by atoms with Gasteiger partial charge in [0.25, 0.3) is 5.91 Å². The minimum absolute atomic E-state index is 0.000937. The first kappa shape index (κ1) is 15.7. The molecule has 100 valence electrons. The second-order valence-electron chi connectivity index (χ2n) is 3.76. The van der Waals surface area contributed by atoms with Crippen LogP contribution in [0.5, 0.6) is 0 Å². The van der Waals surface area contributed by atoms with E-state index in [-0.39, 0.29) is 18.6 Å². The van der Waals surface area contributed by atoms with Crippen LogP contribution in [0.15, 0.2) is 18.2 Å².